The van der Waals surface area contributed by atoms with Crippen LogP contribution in [-0.4, -0.2) is 42.1 Å². The van der Waals surface area contributed by atoms with Crippen LogP contribution in [0.3, 0.4) is 0 Å². The lowest BCUT2D eigenvalue weighted by Crippen LogP contribution is -2.30. The highest BCUT2D eigenvalue weighted by atomic mass is 16.5. The molecule has 0 spiro atoms. The summed E-state index contributed by atoms with van der Waals surface area (Å²) in [5.41, 5.74) is 6.09. The normalized spacial score (nSPS) is 21.8. The van der Waals surface area contributed by atoms with Gasteiger partial charge in [0.2, 0.25) is 0 Å². The Labute approximate surface area is 117 Å². The van der Waals surface area contributed by atoms with Crippen LogP contribution in [-0.2, 0) is 9.53 Å². The molecule has 3 N–H and O–H groups in total. The fourth-order valence-electron chi connectivity index (χ4n) is 2.45. The van der Waals surface area contributed by atoms with E-state index in [0.29, 0.717) is 18.7 Å². The number of rotatable bonds is 2. The highest BCUT2D eigenvalue weighted by Crippen LogP contribution is 2.27. The molecule has 6 heteroatoms. The number of likely N-dealkylation sites (tertiary alicyclic amines) is 1. The Morgan fingerprint density at radius 3 is 2.70 bits per heavy atom. The number of hydrogen-bond acceptors (Lipinski definition) is 5. The molecule has 2 atom stereocenters. The quantitative estimate of drug-likeness (QED) is 0.475. The number of esters is 1. The molecule has 1 amide bonds. The number of nitrogens with two attached hydrogens (primary N) is 1. The maximum absolute atomic E-state index is 12.3. The molecule has 0 bridgehead atoms. The Bertz CT molecular complexity index is 544. The summed E-state index contributed by atoms with van der Waals surface area (Å²) in [5.74, 6) is -0.890. The number of methoxy groups -OCH3 is 1. The smallest absolute Gasteiger partial charge is 0.310 e. The zero-order valence-corrected chi connectivity index (χ0v) is 11.5. The minimum Gasteiger partial charge on any atom is -0.506 e. The molecule has 1 saturated heterocycles. The Hall–Kier alpha value is -2.24. The zero-order valence-electron chi connectivity index (χ0n) is 11.5. The topological polar surface area (TPSA) is 92.9 Å². The number of benzene rings is 1. The first-order valence-electron chi connectivity index (χ1n) is 6.39. The van der Waals surface area contributed by atoms with Crippen molar-refractivity contribution in [2.24, 2.45) is 11.8 Å². The van der Waals surface area contributed by atoms with Gasteiger partial charge in [-0.3, -0.25) is 9.59 Å². The maximum atomic E-state index is 12.3. The van der Waals surface area contributed by atoms with Gasteiger partial charge in [-0.1, -0.05) is 6.92 Å². The van der Waals surface area contributed by atoms with Crippen molar-refractivity contribution in [2.45, 2.75) is 6.92 Å². The average Bonchev–Trinajstić information content (AvgIpc) is 2.82. The summed E-state index contributed by atoms with van der Waals surface area (Å²) < 4.78 is 4.74. The SMILES string of the molecule is COC(=O)C1CN(C(=O)c2ccc(N)c(O)c2)CC1C. The number of phenolic OH excluding ortho intramolecular Hbond substituents is 1. The summed E-state index contributed by atoms with van der Waals surface area (Å²) in [6, 6.07) is 4.39. The lowest BCUT2D eigenvalue weighted by Gasteiger charge is -2.16. The minimum absolute atomic E-state index is 0.0498. The number of nitrogen functional groups attached to an aromatic ring is 1. The summed E-state index contributed by atoms with van der Waals surface area (Å²) in [5, 5.41) is 9.55. The minimum atomic E-state index is -0.300. The van der Waals surface area contributed by atoms with Gasteiger partial charge in [0.05, 0.1) is 18.7 Å². The molecule has 1 aromatic rings. The predicted molar refractivity (Wildman–Crippen MR) is 73.1 cm³/mol. The van der Waals surface area contributed by atoms with Gasteiger partial charge in [-0.25, -0.2) is 0 Å². The van der Waals surface area contributed by atoms with Gasteiger partial charge in [-0.15, -0.1) is 0 Å². The fourth-order valence-corrected chi connectivity index (χ4v) is 2.45. The first-order chi connectivity index (χ1) is 9.43. The molecule has 20 heavy (non-hydrogen) atoms. The fraction of sp³-hybridized carbons (Fsp3) is 0.429. The van der Waals surface area contributed by atoms with E-state index in [1.165, 1.54) is 19.2 Å². The number of aromatic hydroxyl groups is 1. The van der Waals surface area contributed by atoms with Crippen molar-refractivity contribution in [3.8, 4) is 5.75 Å². The number of amides is 1. The summed E-state index contributed by atoms with van der Waals surface area (Å²) in [7, 11) is 1.34. The van der Waals surface area contributed by atoms with Crippen LogP contribution >= 0.6 is 0 Å². The molecule has 0 radical (unpaired) electrons. The third-order valence-corrected chi connectivity index (χ3v) is 3.68. The van der Waals surface area contributed by atoms with E-state index >= 15 is 0 Å². The first kappa shape index (κ1) is 14.2. The van der Waals surface area contributed by atoms with Crippen LogP contribution in [0.1, 0.15) is 17.3 Å². The monoisotopic (exact) mass is 278 g/mol. The number of phenols is 1. The number of carbonyl (C=O) groups excluding carboxylic acids is 2. The molecular formula is C14H18N2O4. The van der Waals surface area contributed by atoms with Gasteiger partial charge in [-0.2, -0.15) is 0 Å². The van der Waals surface area contributed by atoms with E-state index in [2.05, 4.69) is 0 Å². The van der Waals surface area contributed by atoms with Crippen molar-refractivity contribution in [3.05, 3.63) is 23.8 Å². The number of carbonyl (C=O) groups is 2. The molecule has 0 aromatic heterocycles. The predicted octanol–water partition coefficient (Wildman–Crippen LogP) is 0.856. The van der Waals surface area contributed by atoms with Gasteiger partial charge >= 0.3 is 5.97 Å². The van der Waals surface area contributed by atoms with Gasteiger partial charge < -0.3 is 20.5 Å². The number of anilines is 1. The lowest BCUT2D eigenvalue weighted by atomic mass is 9.99. The average molecular weight is 278 g/mol. The molecule has 1 aromatic carbocycles. The van der Waals surface area contributed by atoms with E-state index in [9.17, 15) is 14.7 Å². The van der Waals surface area contributed by atoms with E-state index < -0.39 is 0 Å². The second kappa shape index (κ2) is 5.40. The molecular weight excluding hydrogens is 260 g/mol. The second-order valence-electron chi connectivity index (χ2n) is 5.09. The summed E-state index contributed by atoms with van der Waals surface area (Å²) >= 11 is 0. The van der Waals surface area contributed by atoms with E-state index in [0.717, 1.165) is 0 Å². The molecule has 6 nitrogen and oxygen atoms in total. The van der Waals surface area contributed by atoms with E-state index in [-0.39, 0.29) is 35.1 Å². The van der Waals surface area contributed by atoms with Crippen molar-refractivity contribution in [3.63, 3.8) is 0 Å². The number of ether oxygens (including phenoxy) is 1. The van der Waals surface area contributed by atoms with Gasteiger partial charge in [0.25, 0.3) is 5.91 Å². The van der Waals surface area contributed by atoms with Crippen molar-refractivity contribution in [1.82, 2.24) is 4.90 Å². The van der Waals surface area contributed by atoms with Crippen molar-refractivity contribution >= 4 is 17.6 Å². The molecule has 1 fully saturated rings. The summed E-state index contributed by atoms with van der Waals surface area (Å²) in [6.45, 7) is 2.73. The Balaban J connectivity index is 2.14. The lowest BCUT2D eigenvalue weighted by molar-refractivity contribution is -0.146. The van der Waals surface area contributed by atoms with Crippen LogP contribution < -0.4 is 5.73 Å². The number of nitrogens with zero attached hydrogens (tertiary/aromatic N) is 1. The number of hydrogen-bond donors (Lipinski definition) is 2. The Morgan fingerprint density at radius 2 is 2.10 bits per heavy atom. The van der Waals surface area contributed by atoms with Crippen LogP contribution in [0, 0.1) is 11.8 Å². The van der Waals surface area contributed by atoms with Gasteiger partial charge in [0.15, 0.2) is 0 Å². The molecule has 1 aliphatic rings. The van der Waals surface area contributed by atoms with Crippen molar-refractivity contribution < 1.29 is 19.4 Å². The van der Waals surface area contributed by atoms with Crippen LogP contribution in [0.5, 0.6) is 5.75 Å². The van der Waals surface area contributed by atoms with Crippen LogP contribution in [0.15, 0.2) is 18.2 Å². The van der Waals surface area contributed by atoms with Crippen LogP contribution in [0.2, 0.25) is 0 Å². The molecule has 2 rings (SSSR count). The summed E-state index contributed by atoms with van der Waals surface area (Å²) in [6.07, 6.45) is 0. The summed E-state index contributed by atoms with van der Waals surface area (Å²) in [4.78, 5) is 25.5. The van der Waals surface area contributed by atoms with Crippen LogP contribution in [0.4, 0.5) is 5.69 Å². The molecule has 0 saturated carbocycles. The molecule has 1 aliphatic heterocycles. The van der Waals surface area contributed by atoms with Crippen molar-refractivity contribution in [2.75, 3.05) is 25.9 Å². The van der Waals surface area contributed by atoms with E-state index in [4.69, 9.17) is 10.5 Å². The molecule has 108 valence electrons. The van der Waals surface area contributed by atoms with Crippen LogP contribution in [0.25, 0.3) is 0 Å². The largest absolute Gasteiger partial charge is 0.506 e. The third-order valence-electron chi connectivity index (χ3n) is 3.68. The Morgan fingerprint density at radius 1 is 1.40 bits per heavy atom. The van der Waals surface area contributed by atoms with E-state index in [1.807, 2.05) is 6.92 Å². The second-order valence-corrected chi connectivity index (χ2v) is 5.09. The van der Waals surface area contributed by atoms with Gasteiger partial charge in [0, 0.05) is 18.7 Å². The first-order valence-corrected chi connectivity index (χ1v) is 6.39. The van der Waals surface area contributed by atoms with Crippen molar-refractivity contribution in [1.29, 1.82) is 0 Å². The van der Waals surface area contributed by atoms with E-state index in [1.54, 1.807) is 11.0 Å². The zero-order chi connectivity index (χ0) is 14.9. The standard InChI is InChI=1S/C14H18N2O4/c1-8-6-16(7-10(8)14(19)20-2)13(18)9-3-4-11(15)12(17)5-9/h3-5,8,10,17H,6-7,15H2,1-2H3. The van der Waals surface area contributed by atoms with Gasteiger partial charge in [0.1, 0.15) is 5.75 Å². The molecule has 2 unspecified atom stereocenters. The highest BCUT2D eigenvalue weighted by Gasteiger charge is 2.37. The third kappa shape index (κ3) is 2.54. The molecule has 1 heterocycles. The maximum Gasteiger partial charge on any atom is 0.310 e. The molecule has 0 aliphatic carbocycles. The van der Waals surface area contributed by atoms with Gasteiger partial charge in [-0.05, 0) is 24.1 Å². The highest BCUT2D eigenvalue weighted by molar-refractivity contribution is 5.95. The Kier molecular flexibility index (Phi) is 3.83.